The number of aromatic nitrogens is 2. The zero-order valence-corrected chi connectivity index (χ0v) is 19.6. The first kappa shape index (κ1) is 24.1. The van der Waals surface area contributed by atoms with E-state index in [1.807, 2.05) is 23.0 Å². The fourth-order valence-corrected chi connectivity index (χ4v) is 4.91. The van der Waals surface area contributed by atoms with E-state index in [2.05, 4.69) is 23.8 Å². The molecule has 3 heterocycles. The second-order valence-corrected chi connectivity index (χ2v) is 9.97. The molecule has 182 valence electrons. The van der Waals surface area contributed by atoms with Gasteiger partial charge < -0.3 is 14.6 Å². The summed E-state index contributed by atoms with van der Waals surface area (Å²) in [6.07, 6.45) is 7.70. The van der Waals surface area contributed by atoms with Crippen LogP contribution in [0.5, 0.6) is 5.75 Å². The first-order valence-corrected chi connectivity index (χ1v) is 11.9. The first-order valence-electron chi connectivity index (χ1n) is 11.9. The molecule has 2 saturated heterocycles. The van der Waals surface area contributed by atoms with Crippen LogP contribution in [0.25, 0.3) is 11.1 Å². The number of likely N-dealkylation sites (tertiary alicyclic amines) is 1. The number of alkyl halides is 2. The fraction of sp³-hybridized carbons (Fsp3) is 0.640. The molecule has 2 aromatic rings. The number of nitrogens with zero attached hydrogens (tertiary/aromatic N) is 3. The second-order valence-electron chi connectivity index (χ2n) is 9.97. The van der Waals surface area contributed by atoms with Gasteiger partial charge in [0.15, 0.2) is 0 Å². The van der Waals surface area contributed by atoms with E-state index < -0.39 is 6.61 Å². The van der Waals surface area contributed by atoms with Gasteiger partial charge in [-0.2, -0.15) is 13.9 Å². The fourth-order valence-electron chi connectivity index (χ4n) is 4.91. The summed E-state index contributed by atoms with van der Waals surface area (Å²) < 4.78 is 38.8. The number of aliphatic hydroxyl groups is 1. The van der Waals surface area contributed by atoms with E-state index in [1.54, 1.807) is 12.3 Å². The van der Waals surface area contributed by atoms with Crippen LogP contribution in [0.2, 0.25) is 0 Å². The maximum Gasteiger partial charge on any atom is 0.387 e. The molecule has 0 bridgehead atoms. The van der Waals surface area contributed by atoms with Gasteiger partial charge >= 0.3 is 6.61 Å². The highest BCUT2D eigenvalue weighted by Crippen LogP contribution is 2.35. The van der Waals surface area contributed by atoms with Gasteiger partial charge in [0.2, 0.25) is 0 Å². The van der Waals surface area contributed by atoms with Crippen molar-refractivity contribution in [1.29, 1.82) is 0 Å². The molecule has 0 amide bonds. The average Bonchev–Trinajstić information content (AvgIpc) is 3.31. The van der Waals surface area contributed by atoms with Crippen LogP contribution in [-0.2, 0) is 11.3 Å². The first-order chi connectivity index (χ1) is 15.9. The summed E-state index contributed by atoms with van der Waals surface area (Å²) in [6, 6.07) is 5.85. The van der Waals surface area contributed by atoms with Crippen LogP contribution in [0.15, 0.2) is 30.6 Å². The Hall–Kier alpha value is -2.03. The lowest BCUT2D eigenvalue weighted by atomic mass is 9.75. The number of piperidine rings is 1. The lowest BCUT2D eigenvalue weighted by Gasteiger charge is -2.40. The third-order valence-corrected chi connectivity index (χ3v) is 7.20. The van der Waals surface area contributed by atoms with Crippen molar-refractivity contribution in [3.05, 3.63) is 36.2 Å². The molecule has 2 aliphatic rings. The van der Waals surface area contributed by atoms with Gasteiger partial charge in [0.05, 0.1) is 12.2 Å². The Kier molecular flexibility index (Phi) is 7.66. The van der Waals surface area contributed by atoms with Crippen LogP contribution in [0, 0.1) is 11.3 Å². The third-order valence-electron chi connectivity index (χ3n) is 7.20. The van der Waals surface area contributed by atoms with E-state index >= 15 is 0 Å². The van der Waals surface area contributed by atoms with E-state index in [4.69, 9.17) is 9.47 Å². The number of hydrogen-bond acceptors (Lipinski definition) is 5. The van der Waals surface area contributed by atoms with Crippen LogP contribution in [0.1, 0.15) is 51.1 Å². The van der Waals surface area contributed by atoms with E-state index in [9.17, 15) is 13.9 Å². The lowest BCUT2D eigenvalue weighted by Crippen LogP contribution is -2.42. The van der Waals surface area contributed by atoms with E-state index in [0.29, 0.717) is 18.5 Å². The predicted octanol–water partition coefficient (Wildman–Crippen LogP) is 4.73. The van der Waals surface area contributed by atoms with Crippen LogP contribution >= 0.6 is 0 Å². The Labute approximate surface area is 194 Å². The van der Waals surface area contributed by atoms with Crippen LogP contribution < -0.4 is 4.74 Å². The smallest absolute Gasteiger partial charge is 0.387 e. The Balaban J connectivity index is 1.52. The average molecular weight is 464 g/mol. The normalized spacial score (nSPS) is 21.0. The summed E-state index contributed by atoms with van der Waals surface area (Å²) in [5.74, 6) is 0.580. The maximum atomic E-state index is 13.2. The SMILES string of the molecule is CC(C)(CO)[C@H]1CCCN(Cc2ccc(-c3cnn(C4CCOCC4)c3)cc2OC(F)F)C1. The molecular formula is C25H35F2N3O3. The zero-order chi connectivity index (χ0) is 23.4. The molecule has 0 spiro atoms. The molecule has 0 unspecified atom stereocenters. The molecular weight excluding hydrogens is 428 g/mol. The molecule has 0 radical (unpaired) electrons. The zero-order valence-electron chi connectivity index (χ0n) is 19.6. The minimum Gasteiger partial charge on any atom is -0.434 e. The number of rotatable bonds is 8. The number of hydrogen-bond donors (Lipinski definition) is 1. The highest BCUT2D eigenvalue weighted by molar-refractivity contribution is 5.64. The van der Waals surface area contributed by atoms with Crippen molar-refractivity contribution in [2.45, 2.75) is 58.7 Å². The van der Waals surface area contributed by atoms with Gasteiger partial charge in [-0.05, 0) is 55.2 Å². The lowest BCUT2D eigenvalue weighted by molar-refractivity contribution is -0.0509. The number of aliphatic hydroxyl groups excluding tert-OH is 1. The predicted molar refractivity (Wildman–Crippen MR) is 122 cm³/mol. The molecule has 4 rings (SSSR count). The quantitative estimate of drug-likeness (QED) is 0.613. The van der Waals surface area contributed by atoms with Gasteiger partial charge in [-0.15, -0.1) is 0 Å². The summed E-state index contributed by atoms with van der Waals surface area (Å²) in [7, 11) is 0. The van der Waals surface area contributed by atoms with Crippen molar-refractivity contribution in [3.8, 4) is 16.9 Å². The minimum absolute atomic E-state index is 0.140. The molecule has 6 nitrogen and oxygen atoms in total. The van der Waals surface area contributed by atoms with Crippen molar-refractivity contribution >= 4 is 0 Å². The molecule has 2 fully saturated rings. The highest BCUT2D eigenvalue weighted by atomic mass is 19.3. The molecule has 2 aliphatic heterocycles. The monoisotopic (exact) mass is 463 g/mol. The second kappa shape index (κ2) is 10.5. The van der Waals surface area contributed by atoms with Crippen LogP contribution in [0.4, 0.5) is 8.78 Å². The van der Waals surface area contributed by atoms with E-state index in [1.165, 1.54) is 0 Å². The van der Waals surface area contributed by atoms with Crippen molar-refractivity contribution in [2.75, 3.05) is 32.9 Å². The van der Waals surface area contributed by atoms with Crippen LogP contribution in [-0.4, -0.2) is 59.3 Å². The van der Waals surface area contributed by atoms with Crippen molar-refractivity contribution in [2.24, 2.45) is 11.3 Å². The summed E-state index contributed by atoms with van der Waals surface area (Å²) in [5, 5.41) is 14.3. The topological polar surface area (TPSA) is 59.8 Å². The van der Waals surface area contributed by atoms with Crippen molar-refractivity contribution < 1.29 is 23.4 Å². The van der Waals surface area contributed by atoms with Crippen molar-refractivity contribution in [3.63, 3.8) is 0 Å². The van der Waals surface area contributed by atoms with Gasteiger partial charge in [-0.25, -0.2) is 0 Å². The number of halogens is 2. The standard InChI is InChI=1S/C25H35F2N3O3/c1-25(2,17-31)21-4-3-9-29(16-21)14-19-6-5-18(12-23(19)33-24(26)27)20-13-28-30(15-20)22-7-10-32-11-8-22/h5-6,12-13,15,21-22,24,31H,3-4,7-11,14,16-17H2,1-2H3/t21-/m0/s1. The molecule has 1 aromatic heterocycles. The Bertz CT molecular complexity index is 912. The van der Waals surface area contributed by atoms with E-state index in [-0.39, 0.29) is 17.8 Å². The van der Waals surface area contributed by atoms with Gasteiger partial charge in [-0.3, -0.25) is 9.58 Å². The maximum absolute atomic E-state index is 13.2. The Morgan fingerprint density at radius 2 is 2.00 bits per heavy atom. The molecule has 1 atom stereocenters. The molecule has 0 saturated carbocycles. The van der Waals surface area contributed by atoms with E-state index in [0.717, 1.165) is 68.7 Å². The van der Waals surface area contributed by atoms with Gasteiger partial charge in [0.1, 0.15) is 5.75 Å². The molecule has 8 heteroatoms. The summed E-state index contributed by atoms with van der Waals surface area (Å²) in [4.78, 5) is 2.28. The largest absolute Gasteiger partial charge is 0.434 e. The summed E-state index contributed by atoms with van der Waals surface area (Å²) in [6.45, 7) is 5.17. The molecule has 33 heavy (non-hydrogen) atoms. The Morgan fingerprint density at radius 1 is 1.21 bits per heavy atom. The molecule has 1 aromatic carbocycles. The third kappa shape index (κ3) is 5.91. The summed E-state index contributed by atoms with van der Waals surface area (Å²) in [5.41, 5.74) is 2.29. The molecule has 0 aliphatic carbocycles. The summed E-state index contributed by atoms with van der Waals surface area (Å²) >= 11 is 0. The van der Waals surface area contributed by atoms with Crippen LogP contribution in [0.3, 0.4) is 0 Å². The van der Waals surface area contributed by atoms with Gasteiger partial charge in [-0.1, -0.05) is 26.0 Å². The number of ether oxygens (including phenoxy) is 2. The van der Waals surface area contributed by atoms with Crippen molar-refractivity contribution in [1.82, 2.24) is 14.7 Å². The number of benzene rings is 1. The molecule has 1 N–H and O–H groups in total. The van der Waals surface area contributed by atoms with Gasteiger partial charge in [0, 0.05) is 50.2 Å². The highest BCUT2D eigenvalue weighted by Gasteiger charge is 2.33. The Morgan fingerprint density at radius 3 is 2.73 bits per heavy atom. The van der Waals surface area contributed by atoms with Gasteiger partial charge in [0.25, 0.3) is 0 Å². The minimum atomic E-state index is -2.88.